The minimum absolute atomic E-state index is 0.237. The predicted molar refractivity (Wildman–Crippen MR) is 66.8 cm³/mol. The molecule has 1 unspecified atom stereocenters. The molecule has 3 rings (SSSR count). The van der Waals surface area contributed by atoms with Crippen molar-refractivity contribution in [1.29, 1.82) is 0 Å². The van der Waals surface area contributed by atoms with Crippen molar-refractivity contribution in [3.63, 3.8) is 0 Å². The van der Waals surface area contributed by atoms with Gasteiger partial charge in [-0.05, 0) is 30.0 Å². The maximum atomic E-state index is 11.0. The fraction of sp³-hybridized carbons (Fsp3) is 0.286. The average Bonchev–Trinajstić information content (AvgIpc) is 2.92. The summed E-state index contributed by atoms with van der Waals surface area (Å²) in [5.41, 5.74) is 3.74. The Morgan fingerprint density at radius 3 is 2.94 bits per heavy atom. The zero-order valence-corrected chi connectivity index (χ0v) is 10.1. The van der Waals surface area contributed by atoms with E-state index < -0.39 is 5.97 Å². The number of nitrogens with zero attached hydrogens (tertiary/aromatic N) is 2. The third kappa shape index (κ3) is 1.61. The number of fused-ring (bicyclic) bond motifs is 1. The van der Waals surface area contributed by atoms with Gasteiger partial charge in [0.15, 0.2) is 0 Å². The molecule has 1 aromatic heterocycles. The fourth-order valence-electron chi connectivity index (χ4n) is 2.72. The first-order valence-corrected chi connectivity index (χ1v) is 6.02. The van der Waals surface area contributed by atoms with Gasteiger partial charge in [-0.3, -0.25) is 4.68 Å². The van der Waals surface area contributed by atoms with Crippen molar-refractivity contribution in [2.75, 3.05) is 0 Å². The number of carboxylic acids is 1. The van der Waals surface area contributed by atoms with E-state index in [4.69, 9.17) is 5.11 Å². The van der Waals surface area contributed by atoms with Crippen molar-refractivity contribution < 1.29 is 9.90 Å². The number of hydrogen-bond donors (Lipinski definition) is 1. The van der Waals surface area contributed by atoms with Crippen LogP contribution in [-0.4, -0.2) is 20.9 Å². The van der Waals surface area contributed by atoms with Gasteiger partial charge in [0.05, 0.1) is 5.69 Å². The molecule has 0 aliphatic heterocycles. The number of aromatic nitrogens is 2. The van der Waals surface area contributed by atoms with Crippen LogP contribution in [0.25, 0.3) is 0 Å². The van der Waals surface area contributed by atoms with Crippen LogP contribution in [0.2, 0.25) is 0 Å². The molecule has 1 aliphatic carbocycles. The molecule has 0 spiro atoms. The molecule has 0 bridgehead atoms. The van der Waals surface area contributed by atoms with Crippen LogP contribution in [0.5, 0.6) is 0 Å². The number of benzene rings is 1. The lowest BCUT2D eigenvalue weighted by Gasteiger charge is -2.07. The molecule has 1 aromatic carbocycles. The molecule has 1 aliphatic rings. The SMILES string of the molecule is Cn1nc(C2CCc3ccccc32)cc1C(=O)O. The van der Waals surface area contributed by atoms with Gasteiger partial charge in [0.25, 0.3) is 0 Å². The zero-order chi connectivity index (χ0) is 12.7. The smallest absolute Gasteiger partial charge is 0.354 e. The largest absolute Gasteiger partial charge is 0.477 e. The lowest BCUT2D eigenvalue weighted by atomic mass is 9.98. The van der Waals surface area contributed by atoms with E-state index in [9.17, 15) is 4.79 Å². The van der Waals surface area contributed by atoms with Gasteiger partial charge < -0.3 is 5.11 Å². The molecule has 0 amide bonds. The molecular formula is C14H14N2O2. The van der Waals surface area contributed by atoms with Crippen molar-refractivity contribution in [2.24, 2.45) is 7.05 Å². The highest BCUT2D eigenvalue weighted by Gasteiger charge is 2.26. The fourth-order valence-corrected chi connectivity index (χ4v) is 2.72. The highest BCUT2D eigenvalue weighted by molar-refractivity contribution is 5.85. The first-order chi connectivity index (χ1) is 8.66. The van der Waals surface area contributed by atoms with Crippen molar-refractivity contribution >= 4 is 5.97 Å². The summed E-state index contributed by atoms with van der Waals surface area (Å²) in [5, 5.41) is 13.4. The first-order valence-electron chi connectivity index (χ1n) is 6.02. The van der Waals surface area contributed by atoms with Crippen LogP contribution in [-0.2, 0) is 13.5 Å². The molecule has 92 valence electrons. The van der Waals surface area contributed by atoms with E-state index in [-0.39, 0.29) is 11.6 Å². The second-order valence-electron chi connectivity index (χ2n) is 4.67. The molecule has 1 heterocycles. The molecule has 0 saturated heterocycles. The minimum atomic E-state index is -0.928. The van der Waals surface area contributed by atoms with Crippen molar-refractivity contribution in [1.82, 2.24) is 9.78 Å². The molecule has 18 heavy (non-hydrogen) atoms. The lowest BCUT2D eigenvalue weighted by Crippen LogP contribution is -2.05. The monoisotopic (exact) mass is 242 g/mol. The number of carbonyl (C=O) groups is 1. The maximum Gasteiger partial charge on any atom is 0.354 e. The maximum absolute atomic E-state index is 11.0. The third-order valence-corrected chi connectivity index (χ3v) is 3.61. The topological polar surface area (TPSA) is 55.1 Å². The molecule has 4 heteroatoms. The second-order valence-corrected chi connectivity index (χ2v) is 4.67. The average molecular weight is 242 g/mol. The van der Waals surface area contributed by atoms with Gasteiger partial charge >= 0.3 is 5.97 Å². The van der Waals surface area contributed by atoms with Gasteiger partial charge in [-0.1, -0.05) is 24.3 Å². The molecule has 1 N–H and O–H groups in total. The van der Waals surface area contributed by atoms with E-state index in [0.717, 1.165) is 18.5 Å². The van der Waals surface area contributed by atoms with Crippen molar-refractivity contribution in [3.05, 3.63) is 52.8 Å². The summed E-state index contributed by atoms with van der Waals surface area (Å²) >= 11 is 0. The van der Waals surface area contributed by atoms with Crippen LogP contribution in [0.15, 0.2) is 30.3 Å². The van der Waals surface area contributed by atoms with Crippen molar-refractivity contribution in [3.8, 4) is 0 Å². The van der Waals surface area contributed by atoms with Gasteiger partial charge in [-0.15, -0.1) is 0 Å². The Morgan fingerprint density at radius 1 is 1.44 bits per heavy atom. The van der Waals surface area contributed by atoms with Crippen LogP contribution >= 0.6 is 0 Å². The third-order valence-electron chi connectivity index (χ3n) is 3.61. The molecule has 4 nitrogen and oxygen atoms in total. The van der Waals surface area contributed by atoms with E-state index in [2.05, 4.69) is 17.2 Å². The normalized spacial score (nSPS) is 17.7. The lowest BCUT2D eigenvalue weighted by molar-refractivity contribution is 0.0685. The summed E-state index contributed by atoms with van der Waals surface area (Å²) in [6.45, 7) is 0. The van der Waals surface area contributed by atoms with Gasteiger partial charge in [0, 0.05) is 13.0 Å². The Kier molecular flexibility index (Phi) is 2.44. The summed E-state index contributed by atoms with van der Waals surface area (Å²) in [7, 11) is 1.67. The Balaban J connectivity index is 2.03. The van der Waals surface area contributed by atoms with Gasteiger partial charge in [-0.25, -0.2) is 4.79 Å². The Labute approximate surface area is 105 Å². The molecule has 0 fully saturated rings. The molecule has 0 radical (unpaired) electrons. The minimum Gasteiger partial charge on any atom is -0.477 e. The van der Waals surface area contributed by atoms with E-state index in [0.29, 0.717) is 0 Å². The first kappa shape index (κ1) is 11.0. The summed E-state index contributed by atoms with van der Waals surface area (Å²) in [4.78, 5) is 11.0. The highest BCUT2D eigenvalue weighted by Crippen LogP contribution is 2.37. The quantitative estimate of drug-likeness (QED) is 0.878. The summed E-state index contributed by atoms with van der Waals surface area (Å²) in [6.07, 6.45) is 2.05. The zero-order valence-electron chi connectivity index (χ0n) is 10.1. The Hall–Kier alpha value is -2.10. The van der Waals surface area contributed by atoms with Crippen molar-refractivity contribution in [2.45, 2.75) is 18.8 Å². The molecule has 1 atom stereocenters. The number of aromatic carboxylic acids is 1. The molecular weight excluding hydrogens is 228 g/mol. The number of hydrogen-bond acceptors (Lipinski definition) is 2. The summed E-state index contributed by atoms with van der Waals surface area (Å²) in [6, 6.07) is 10.0. The molecule has 0 saturated carbocycles. The van der Waals surface area contributed by atoms with Gasteiger partial charge in [0.2, 0.25) is 0 Å². The highest BCUT2D eigenvalue weighted by atomic mass is 16.4. The summed E-state index contributed by atoms with van der Waals surface area (Å²) in [5.74, 6) is -0.692. The Bertz CT molecular complexity index is 616. The number of rotatable bonds is 2. The number of carboxylic acid groups (broad SMARTS) is 1. The van der Waals surface area contributed by atoms with E-state index >= 15 is 0 Å². The standard InChI is InChI=1S/C14H14N2O2/c1-16-13(14(17)18)8-12(15-16)11-7-6-9-4-2-3-5-10(9)11/h2-5,8,11H,6-7H2,1H3,(H,17,18). The van der Waals surface area contributed by atoms with Gasteiger partial charge in [-0.2, -0.15) is 5.10 Å². The predicted octanol–water partition coefficient (Wildman–Crippen LogP) is 2.20. The van der Waals surface area contributed by atoms with Gasteiger partial charge in [0.1, 0.15) is 5.69 Å². The van der Waals surface area contributed by atoms with Crippen LogP contribution in [0.3, 0.4) is 0 Å². The summed E-state index contributed by atoms with van der Waals surface area (Å²) < 4.78 is 1.44. The van der Waals surface area contributed by atoms with Crippen LogP contribution in [0, 0.1) is 0 Å². The van der Waals surface area contributed by atoms with E-state index in [1.165, 1.54) is 15.8 Å². The number of aryl methyl sites for hydroxylation is 2. The van der Waals surface area contributed by atoms with Crippen LogP contribution < -0.4 is 0 Å². The second kappa shape index (κ2) is 3.98. The van der Waals surface area contributed by atoms with Crippen LogP contribution in [0.4, 0.5) is 0 Å². The Morgan fingerprint density at radius 2 is 2.22 bits per heavy atom. The molecule has 2 aromatic rings. The van der Waals surface area contributed by atoms with Crippen LogP contribution in [0.1, 0.15) is 39.6 Å². The van der Waals surface area contributed by atoms with E-state index in [1.807, 2.05) is 12.1 Å². The van der Waals surface area contributed by atoms with E-state index in [1.54, 1.807) is 13.1 Å².